The Labute approximate surface area is 98.9 Å². The molecule has 0 heterocycles. The first-order valence-electron chi connectivity index (χ1n) is 6.75. The Kier molecular flexibility index (Phi) is 1.98. The lowest BCUT2D eigenvalue weighted by Gasteiger charge is -2.38. The van der Waals surface area contributed by atoms with Crippen molar-refractivity contribution < 1.29 is 5.11 Å². The third kappa shape index (κ3) is 1.01. The van der Waals surface area contributed by atoms with Gasteiger partial charge in [-0.05, 0) is 54.3 Å². The number of rotatable bonds is 0. The largest absolute Gasteiger partial charge is 0.393 e. The molecule has 3 aliphatic rings. The monoisotopic (exact) mass is 220 g/mol. The van der Waals surface area contributed by atoms with E-state index in [0.29, 0.717) is 23.2 Å². The second-order valence-electron chi connectivity index (χ2n) is 7.15. The lowest BCUT2D eigenvalue weighted by Crippen LogP contribution is -2.35. The van der Waals surface area contributed by atoms with E-state index in [2.05, 4.69) is 27.4 Å². The predicted molar refractivity (Wildman–Crippen MR) is 66.0 cm³/mol. The van der Waals surface area contributed by atoms with Crippen LogP contribution in [0, 0.1) is 28.6 Å². The Hall–Kier alpha value is -0.300. The molecule has 0 radical (unpaired) electrons. The summed E-state index contributed by atoms with van der Waals surface area (Å²) in [5, 5.41) is 10.4. The van der Waals surface area contributed by atoms with Gasteiger partial charge in [0.05, 0.1) is 6.10 Å². The molecule has 1 nitrogen and oxygen atoms in total. The Morgan fingerprint density at radius 3 is 2.75 bits per heavy atom. The fraction of sp³-hybridized carbons (Fsp3) is 0.867. The minimum atomic E-state index is -0.0686. The lowest BCUT2D eigenvalue weighted by atomic mass is 9.67. The number of allylic oxidation sites excluding steroid dienone is 1. The van der Waals surface area contributed by atoms with E-state index in [1.807, 2.05) is 0 Å². The minimum Gasteiger partial charge on any atom is -0.393 e. The molecule has 0 aromatic carbocycles. The van der Waals surface area contributed by atoms with E-state index in [-0.39, 0.29) is 11.5 Å². The normalized spacial score (nSPS) is 54.1. The van der Waals surface area contributed by atoms with Crippen LogP contribution in [-0.2, 0) is 0 Å². The molecule has 3 saturated carbocycles. The second kappa shape index (κ2) is 2.93. The summed E-state index contributed by atoms with van der Waals surface area (Å²) in [6.07, 6.45) is 4.71. The Balaban J connectivity index is 2.11. The van der Waals surface area contributed by atoms with Crippen molar-refractivity contribution in [3.8, 4) is 0 Å². The zero-order valence-electron chi connectivity index (χ0n) is 10.8. The van der Waals surface area contributed by atoms with Gasteiger partial charge in [-0.3, -0.25) is 0 Å². The van der Waals surface area contributed by atoms with Crippen LogP contribution in [0.4, 0.5) is 0 Å². The van der Waals surface area contributed by atoms with E-state index in [1.165, 1.54) is 24.8 Å². The summed E-state index contributed by atoms with van der Waals surface area (Å²) in [5.74, 6) is 1.87. The maximum absolute atomic E-state index is 10.4. The van der Waals surface area contributed by atoms with Crippen molar-refractivity contribution in [1.82, 2.24) is 0 Å². The van der Waals surface area contributed by atoms with Gasteiger partial charge in [0.1, 0.15) is 0 Å². The van der Waals surface area contributed by atoms with E-state index in [4.69, 9.17) is 0 Å². The van der Waals surface area contributed by atoms with Crippen LogP contribution in [0.25, 0.3) is 0 Å². The summed E-state index contributed by atoms with van der Waals surface area (Å²) in [6, 6.07) is 0. The summed E-state index contributed by atoms with van der Waals surface area (Å²) in [7, 11) is 0. The van der Waals surface area contributed by atoms with E-state index in [1.54, 1.807) is 0 Å². The highest BCUT2D eigenvalue weighted by molar-refractivity contribution is 5.24. The number of hydrogen-bond donors (Lipinski definition) is 1. The molecule has 5 atom stereocenters. The van der Waals surface area contributed by atoms with Gasteiger partial charge in [0.15, 0.2) is 0 Å². The van der Waals surface area contributed by atoms with Gasteiger partial charge in [-0.25, -0.2) is 0 Å². The van der Waals surface area contributed by atoms with Crippen molar-refractivity contribution in [2.75, 3.05) is 0 Å². The van der Waals surface area contributed by atoms with Crippen molar-refractivity contribution in [3.05, 3.63) is 12.2 Å². The highest BCUT2D eigenvalue weighted by Gasteiger charge is 2.66. The fourth-order valence-corrected chi connectivity index (χ4v) is 5.59. The van der Waals surface area contributed by atoms with Gasteiger partial charge in [-0.15, -0.1) is 0 Å². The molecule has 1 spiro atoms. The molecule has 0 amide bonds. The van der Waals surface area contributed by atoms with E-state index >= 15 is 0 Å². The number of aliphatic hydroxyl groups excluding tert-OH is 1. The quantitative estimate of drug-likeness (QED) is 0.620. The third-order valence-electron chi connectivity index (χ3n) is 6.27. The Morgan fingerprint density at radius 2 is 2.06 bits per heavy atom. The summed E-state index contributed by atoms with van der Waals surface area (Å²) in [4.78, 5) is 0. The SMILES string of the molecule is C=C1CC[C@@]23C[C@@H]1C(C)(C)[C@@H]2C(O)C[C@H]3C. The van der Waals surface area contributed by atoms with Gasteiger partial charge in [-0.1, -0.05) is 32.9 Å². The fourth-order valence-electron chi connectivity index (χ4n) is 5.59. The molecule has 1 heteroatoms. The molecule has 2 bridgehead atoms. The summed E-state index contributed by atoms with van der Waals surface area (Å²) >= 11 is 0. The van der Waals surface area contributed by atoms with E-state index in [0.717, 1.165) is 6.42 Å². The first-order chi connectivity index (χ1) is 7.39. The average molecular weight is 220 g/mol. The molecule has 1 N–H and O–H groups in total. The molecule has 1 unspecified atom stereocenters. The van der Waals surface area contributed by atoms with Crippen molar-refractivity contribution in [1.29, 1.82) is 0 Å². The first-order valence-corrected chi connectivity index (χ1v) is 6.75. The van der Waals surface area contributed by atoms with Crippen LogP contribution in [0.15, 0.2) is 12.2 Å². The van der Waals surface area contributed by atoms with Gasteiger partial charge >= 0.3 is 0 Å². The number of fused-ring (bicyclic) bond motifs is 1. The molecule has 16 heavy (non-hydrogen) atoms. The molecular weight excluding hydrogens is 196 g/mol. The number of aliphatic hydroxyl groups is 1. The van der Waals surface area contributed by atoms with Crippen molar-refractivity contribution in [3.63, 3.8) is 0 Å². The smallest absolute Gasteiger partial charge is 0.0581 e. The molecule has 0 aliphatic heterocycles. The summed E-state index contributed by atoms with van der Waals surface area (Å²) < 4.78 is 0. The van der Waals surface area contributed by atoms with Crippen LogP contribution < -0.4 is 0 Å². The molecule has 3 fully saturated rings. The molecule has 0 aromatic heterocycles. The molecule has 90 valence electrons. The third-order valence-corrected chi connectivity index (χ3v) is 6.27. The van der Waals surface area contributed by atoms with E-state index < -0.39 is 0 Å². The number of hydrogen-bond acceptors (Lipinski definition) is 1. The van der Waals surface area contributed by atoms with Crippen LogP contribution in [0.5, 0.6) is 0 Å². The van der Waals surface area contributed by atoms with Crippen molar-refractivity contribution in [2.24, 2.45) is 28.6 Å². The Morgan fingerprint density at radius 1 is 1.38 bits per heavy atom. The molecular formula is C15H24O. The zero-order chi connectivity index (χ0) is 11.7. The van der Waals surface area contributed by atoms with Gasteiger partial charge in [0.25, 0.3) is 0 Å². The molecule has 0 saturated heterocycles. The standard InChI is InChI=1S/C15H24O/c1-9-5-6-15-8-11(9)14(3,4)13(15)12(16)7-10(15)2/h10-13,16H,1,5-8H2,2-4H3/t10-,11+,12?,13+,15+/m1/s1. The van der Waals surface area contributed by atoms with Crippen LogP contribution in [0.1, 0.15) is 46.5 Å². The average Bonchev–Trinajstić information content (AvgIpc) is 2.54. The summed E-state index contributed by atoms with van der Waals surface area (Å²) in [5.41, 5.74) is 2.15. The van der Waals surface area contributed by atoms with Gasteiger partial charge in [-0.2, -0.15) is 0 Å². The topological polar surface area (TPSA) is 20.2 Å². The van der Waals surface area contributed by atoms with Crippen LogP contribution in [-0.4, -0.2) is 11.2 Å². The van der Waals surface area contributed by atoms with E-state index in [9.17, 15) is 5.11 Å². The van der Waals surface area contributed by atoms with Gasteiger partial charge in [0, 0.05) is 0 Å². The minimum absolute atomic E-state index is 0.0686. The maximum atomic E-state index is 10.4. The molecule has 3 aliphatic carbocycles. The van der Waals surface area contributed by atoms with Crippen LogP contribution >= 0.6 is 0 Å². The Bertz CT molecular complexity index is 343. The van der Waals surface area contributed by atoms with Crippen LogP contribution in [0.3, 0.4) is 0 Å². The zero-order valence-corrected chi connectivity index (χ0v) is 10.8. The van der Waals surface area contributed by atoms with Gasteiger partial charge < -0.3 is 5.11 Å². The van der Waals surface area contributed by atoms with Crippen LogP contribution in [0.2, 0.25) is 0 Å². The molecule has 0 aromatic rings. The molecule has 3 rings (SSSR count). The predicted octanol–water partition coefficient (Wildman–Crippen LogP) is 3.39. The van der Waals surface area contributed by atoms with Crippen molar-refractivity contribution in [2.45, 2.75) is 52.6 Å². The highest BCUT2D eigenvalue weighted by atomic mass is 16.3. The first kappa shape index (κ1) is 10.8. The second-order valence-corrected chi connectivity index (χ2v) is 7.15. The lowest BCUT2D eigenvalue weighted by molar-refractivity contribution is 0.0300. The van der Waals surface area contributed by atoms with Gasteiger partial charge in [0.2, 0.25) is 0 Å². The highest BCUT2D eigenvalue weighted by Crippen LogP contribution is 2.72. The maximum Gasteiger partial charge on any atom is 0.0581 e. The summed E-state index contributed by atoms with van der Waals surface area (Å²) in [6.45, 7) is 11.4. The van der Waals surface area contributed by atoms with Crippen molar-refractivity contribution >= 4 is 0 Å².